The second-order valence-electron chi connectivity index (χ2n) is 5.72. The second kappa shape index (κ2) is 7.01. The lowest BCUT2D eigenvalue weighted by molar-refractivity contribution is 0.0462. The van der Waals surface area contributed by atoms with E-state index in [2.05, 4.69) is 9.97 Å². The van der Waals surface area contributed by atoms with Crippen molar-refractivity contribution in [2.45, 2.75) is 6.61 Å². The lowest BCUT2D eigenvalue weighted by Crippen LogP contribution is -2.05. The highest BCUT2D eigenvalue weighted by atomic mass is 32.1. The van der Waals surface area contributed by atoms with Crippen LogP contribution in [0.15, 0.2) is 60.0 Å². The maximum absolute atomic E-state index is 12.3. The molecule has 0 saturated heterocycles. The van der Waals surface area contributed by atoms with Gasteiger partial charge in [-0.05, 0) is 24.3 Å². The SMILES string of the molecule is COc1cccc(-c2nc(COC(=O)c3cc4ccccc4[nH]3)cs2)c1. The molecule has 0 aliphatic rings. The molecule has 0 saturated carbocycles. The number of nitrogens with zero attached hydrogens (tertiary/aromatic N) is 1. The zero-order valence-electron chi connectivity index (χ0n) is 14.1. The second-order valence-corrected chi connectivity index (χ2v) is 6.58. The fraction of sp³-hybridized carbons (Fsp3) is 0.100. The Labute approximate surface area is 154 Å². The largest absolute Gasteiger partial charge is 0.497 e. The van der Waals surface area contributed by atoms with Crippen LogP contribution in [0.25, 0.3) is 21.5 Å². The van der Waals surface area contributed by atoms with Crippen molar-refractivity contribution in [3.63, 3.8) is 0 Å². The number of carbonyl (C=O) groups excluding carboxylic acids is 1. The molecular formula is C20H16N2O3S. The highest BCUT2D eigenvalue weighted by Crippen LogP contribution is 2.27. The topological polar surface area (TPSA) is 64.2 Å². The molecule has 6 heteroatoms. The molecule has 26 heavy (non-hydrogen) atoms. The van der Waals surface area contributed by atoms with Gasteiger partial charge in [-0.15, -0.1) is 11.3 Å². The molecule has 0 spiro atoms. The van der Waals surface area contributed by atoms with Crippen molar-refractivity contribution in [2.24, 2.45) is 0 Å². The summed E-state index contributed by atoms with van der Waals surface area (Å²) in [5, 5.41) is 3.74. The average molecular weight is 364 g/mol. The number of aromatic amines is 1. The molecule has 0 aliphatic carbocycles. The number of methoxy groups -OCH3 is 1. The molecule has 2 heterocycles. The summed E-state index contributed by atoms with van der Waals surface area (Å²) in [5.74, 6) is 0.390. The predicted molar refractivity (Wildman–Crippen MR) is 102 cm³/mol. The number of nitrogens with one attached hydrogen (secondary N) is 1. The van der Waals surface area contributed by atoms with Crippen molar-refractivity contribution in [2.75, 3.05) is 7.11 Å². The summed E-state index contributed by atoms with van der Waals surface area (Å²) in [7, 11) is 1.63. The molecule has 130 valence electrons. The fourth-order valence-electron chi connectivity index (χ4n) is 2.66. The Hall–Kier alpha value is -3.12. The number of ether oxygens (including phenoxy) is 2. The van der Waals surface area contributed by atoms with E-state index in [-0.39, 0.29) is 6.61 Å². The number of esters is 1. The number of carbonyl (C=O) groups is 1. The minimum Gasteiger partial charge on any atom is -0.497 e. The van der Waals surface area contributed by atoms with Crippen LogP contribution < -0.4 is 4.74 Å². The Kier molecular flexibility index (Phi) is 4.41. The number of para-hydroxylation sites is 1. The van der Waals surface area contributed by atoms with Crippen LogP contribution in [0.4, 0.5) is 0 Å². The van der Waals surface area contributed by atoms with Gasteiger partial charge < -0.3 is 14.5 Å². The number of hydrogen-bond donors (Lipinski definition) is 1. The highest BCUT2D eigenvalue weighted by Gasteiger charge is 2.12. The summed E-state index contributed by atoms with van der Waals surface area (Å²) in [4.78, 5) is 19.9. The van der Waals surface area contributed by atoms with Gasteiger partial charge in [-0.1, -0.05) is 30.3 Å². The maximum atomic E-state index is 12.3. The van der Waals surface area contributed by atoms with E-state index in [0.717, 1.165) is 32.9 Å². The van der Waals surface area contributed by atoms with Crippen LogP contribution in [0.5, 0.6) is 5.75 Å². The zero-order valence-corrected chi connectivity index (χ0v) is 14.9. The fourth-order valence-corrected chi connectivity index (χ4v) is 3.46. The standard InChI is InChI=1S/C20H16N2O3S/c1-24-16-7-4-6-14(9-16)19-21-15(12-26-19)11-25-20(23)18-10-13-5-2-3-8-17(13)22-18/h2-10,12,22H,11H2,1H3. The van der Waals surface area contributed by atoms with Crippen LogP contribution in [0.3, 0.4) is 0 Å². The lowest BCUT2D eigenvalue weighted by Gasteiger charge is -2.02. The first-order valence-corrected chi connectivity index (χ1v) is 8.94. The van der Waals surface area contributed by atoms with Gasteiger partial charge in [0.15, 0.2) is 0 Å². The van der Waals surface area contributed by atoms with E-state index in [0.29, 0.717) is 5.69 Å². The van der Waals surface area contributed by atoms with Gasteiger partial charge in [0.2, 0.25) is 0 Å². The first-order chi connectivity index (χ1) is 12.7. The minimum atomic E-state index is -0.392. The summed E-state index contributed by atoms with van der Waals surface area (Å²) in [6.07, 6.45) is 0. The monoisotopic (exact) mass is 364 g/mol. The minimum absolute atomic E-state index is 0.134. The molecule has 4 rings (SSSR count). The summed E-state index contributed by atoms with van der Waals surface area (Å²) in [5.41, 5.74) is 3.04. The average Bonchev–Trinajstić information content (AvgIpc) is 3.33. The van der Waals surface area contributed by atoms with Crippen molar-refractivity contribution >= 4 is 28.2 Å². The van der Waals surface area contributed by atoms with Crippen LogP contribution >= 0.6 is 11.3 Å². The summed E-state index contributed by atoms with van der Waals surface area (Å²) in [6, 6.07) is 17.2. The van der Waals surface area contributed by atoms with Gasteiger partial charge in [-0.25, -0.2) is 9.78 Å². The van der Waals surface area contributed by atoms with E-state index in [1.807, 2.05) is 53.9 Å². The number of fused-ring (bicyclic) bond motifs is 1. The lowest BCUT2D eigenvalue weighted by atomic mass is 10.2. The highest BCUT2D eigenvalue weighted by molar-refractivity contribution is 7.13. The molecular weight excluding hydrogens is 348 g/mol. The van der Waals surface area contributed by atoms with Crippen molar-refractivity contribution in [3.05, 3.63) is 71.4 Å². The maximum Gasteiger partial charge on any atom is 0.355 e. The van der Waals surface area contributed by atoms with Crippen molar-refractivity contribution < 1.29 is 14.3 Å². The normalized spacial score (nSPS) is 10.8. The Morgan fingerprint density at radius 1 is 1.15 bits per heavy atom. The summed E-state index contributed by atoms with van der Waals surface area (Å²) >= 11 is 1.51. The van der Waals surface area contributed by atoms with E-state index >= 15 is 0 Å². The quantitative estimate of drug-likeness (QED) is 0.523. The molecule has 0 unspecified atom stereocenters. The molecule has 0 aliphatic heterocycles. The van der Waals surface area contributed by atoms with E-state index in [1.54, 1.807) is 13.2 Å². The number of rotatable bonds is 5. The molecule has 0 radical (unpaired) electrons. The van der Waals surface area contributed by atoms with Gasteiger partial charge in [-0.3, -0.25) is 0 Å². The van der Waals surface area contributed by atoms with Gasteiger partial charge >= 0.3 is 5.97 Å². The van der Waals surface area contributed by atoms with Gasteiger partial charge in [-0.2, -0.15) is 0 Å². The number of H-pyrrole nitrogens is 1. The van der Waals surface area contributed by atoms with Gasteiger partial charge in [0, 0.05) is 21.8 Å². The third kappa shape index (κ3) is 3.32. The molecule has 5 nitrogen and oxygen atoms in total. The molecule has 1 N–H and O–H groups in total. The number of benzene rings is 2. The van der Waals surface area contributed by atoms with Gasteiger partial charge in [0.25, 0.3) is 0 Å². The van der Waals surface area contributed by atoms with Crippen LogP contribution in [0.2, 0.25) is 0 Å². The smallest absolute Gasteiger partial charge is 0.355 e. The molecule has 0 atom stereocenters. The van der Waals surface area contributed by atoms with Crippen LogP contribution in [0, 0.1) is 0 Å². The molecule has 0 bridgehead atoms. The summed E-state index contributed by atoms with van der Waals surface area (Å²) in [6.45, 7) is 0.134. The van der Waals surface area contributed by atoms with Crippen LogP contribution in [-0.4, -0.2) is 23.0 Å². The van der Waals surface area contributed by atoms with Crippen molar-refractivity contribution in [1.82, 2.24) is 9.97 Å². The number of hydrogen-bond acceptors (Lipinski definition) is 5. The molecule has 0 fully saturated rings. The summed E-state index contributed by atoms with van der Waals surface area (Å²) < 4.78 is 10.6. The van der Waals surface area contributed by atoms with E-state index < -0.39 is 5.97 Å². The molecule has 2 aromatic carbocycles. The Bertz CT molecular complexity index is 1030. The van der Waals surface area contributed by atoms with E-state index in [9.17, 15) is 4.79 Å². The van der Waals surface area contributed by atoms with E-state index in [1.165, 1.54) is 11.3 Å². The van der Waals surface area contributed by atoms with Crippen LogP contribution in [-0.2, 0) is 11.3 Å². The third-order valence-corrected chi connectivity index (χ3v) is 4.91. The first-order valence-electron chi connectivity index (χ1n) is 8.06. The first kappa shape index (κ1) is 16.4. The third-order valence-electron chi connectivity index (χ3n) is 3.97. The predicted octanol–water partition coefficient (Wildman–Crippen LogP) is 4.66. The molecule has 4 aromatic rings. The van der Waals surface area contributed by atoms with Crippen molar-refractivity contribution in [1.29, 1.82) is 0 Å². The Morgan fingerprint density at radius 3 is 2.88 bits per heavy atom. The number of thiazole rings is 1. The number of aromatic nitrogens is 2. The Balaban J connectivity index is 1.44. The zero-order chi connectivity index (χ0) is 17.9. The van der Waals surface area contributed by atoms with Crippen molar-refractivity contribution in [3.8, 4) is 16.3 Å². The van der Waals surface area contributed by atoms with Gasteiger partial charge in [0.1, 0.15) is 23.1 Å². The van der Waals surface area contributed by atoms with E-state index in [4.69, 9.17) is 9.47 Å². The molecule has 0 amide bonds. The Morgan fingerprint density at radius 2 is 2.04 bits per heavy atom. The van der Waals surface area contributed by atoms with Crippen LogP contribution in [0.1, 0.15) is 16.2 Å². The molecule has 2 aromatic heterocycles. The van der Waals surface area contributed by atoms with Gasteiger partial charge in [0.05, 0.1) is 12.8 Å².